The summed E-state index contributed by atoms with van der Waals surface area (Å²) in [4.78, 5) is 16.6. The molecule has 2 heterocycles. The summed E-state index contributed by atoms with van der Waals surface area (Å²) < 4.78 is 3.37. The van der Waals surface area contributed by atoms with E-state index in [4.69, 9.17) is 11.6 Å². The zero-order valence-electron chi connectivity index (χ0n) is 14.0. The van der Waals surface area contributed by atoms with E-state index in [0.717, 1.165) is 11.3 Å². The Morgan fingerprint density at radius 1 is 1.15 bits per heavy atom. The summed E-state index contributed by atoms with van der Waals surface area (Å²) in [5, 5.41) is 14.2. The summed E-state index contributed by atoms with van der Waals surface area (Å²) in [6.45, 7) is 0.359. The van der Waals surface area contributed by atoms with Gasteiger partial charge in [0.25, 0.3) is 5.91 Å². The van der Waals surface area contributed by atoms with Crippen LogP contribution < -0.4 is 5.32 Å². The number of halogens is 1. The highest BCUT2D eigenvalue weighted by molar-refractivity contribution is 6.34. The Morgan fingerprint density at radius 3 is 2.78 bits per heavy atom. The fourth-order valence-corrected chi connectivity index (χ4v) is 2.96. The van der Waals surface area contributed by atoms with Crippen LogP contribution in [0, 0.1) is 0 Å². The minimum atomic E-state index is -0.260. The van der Waals surface area contributed by atoms with Crippen LogP contribution in [0.15, 0.2) is 67.5 Å². The van der Waals surface area contributed by atoms with Crippen molar-refractivity contribution >= 4 is 17.5 Å². The van der Waals surface area contributed by atoms with E-state index < -0.39 is 0 Å². The Bertz CT molecular complexity index is 1060. The van der Waals surface area contributed by atoms with E-state index in [9.17, 15) is 4.79 Å². The van der Waals surface area contributed by atoms with Crippen LogP contribution >= 0.6 is 11.6 Å². The van der Waals surface area contributed by atoms with Gasteiger partial charge in [-0.05, 0) is 40.3 Å². The molecule has 0 aliphatic heterocycles. The number of amides is 1. The summed E-state index contributed by atoms with van der Waals surface area (Å²) in [6.07, 6.45) is 6.74. The van der Waals surface area contributed by atoms with E-state index in [-0.39, 0.29) is 5.91 Å². The van der Waals surface area contributed by atoms with Crippen molar-refractivity contribution in [1.29, 1.82) is 0 Å². The minimum Gasteiger partial charge on any atom is -0.348 e. The highest BCUT2D eigenvalue weighted by Crippen LogP contribution is 2.20. The van der Waals surface area contributed by atoms with Crippen molar-refractivity contribution in [2.45, 2.75) is 6.54 Å². The van der Waals surface area contributed by atoms with Gasteiger partial charge in [0.15, 0.2) is 0 Å². The van der Waals surface area contributed by atoms with Crippen molar-refractivity contribution in [3.63, 3.8) is 0 Å². The maximum atomic E-state index is 12.6. The summed E-state index contributed by atoms with van der Waals surface area (Å²) in [5.41, 5.74) is 2.97. The van der Waals surface area contributed by atoms with Gasteiger partial charge >= 0.3 is 0 Å². The van der Waals surface area contributed by atoms with Crippen molar-refractivity contribution in [1.82, 2.24) is 35.1 Å². The molecule has 9 heteroatoms. The van der Waals surface area contributed by atoms with Crippen LogP contribution in [0.3, 0.4) is 0 Å². The van der Waals surface area contributed by atoms with Crippen LogP contribution in [-0.4, -0.2) is 35.7 Å². The quantitative estimate of drug-likeness (QED) is 0.575. The number of tetrazole rings is 1. The molecule has 0 saturated heterocycles. The van der Waals surface area contributed by atoms with Crippen LogP contribution in [-0.2, 0) is 6.54 Å². The normalized spacial score (nSPS) is 10.7. The third kappa shape index (κ3) is 3.56. The summed E-state index contributed by atoms with van der Waals surface area (Å²) in [5.74, 6) is -0.260. The predicted octanol–water partition coefficient (Wildman–Crippen LogP) is 2.43. The molecule has 134 valence electrons. The van der Waals surface area contributed by atoms with E-state index >= 15 is 0 Å². The SMILES string of the molecule is O=C(NCc1ccccc1-n1ccnc1)c1ccc(-n2cnnn2)cc1Cl. The highest BCUT2D eigenvalue weighted by Gasteiger charge is 2.13. The van der Waals surface area contributed by atoms with E-state index in [1.807, 2.05) is 35.0 Å². The molecule has 0 saturated carbocycles. The van der Waals surface area contributed by atoms with E-state index in [1.165, 1.54) is 11.0 Å². The topological polar surface area (TPSA) is 90.5 Å². The Labute approximate surface area is 159 Å². The first kappa shape index (κ1) is 16.9. The van der Waals surface area contributed by atoms with Crippen LogP contribution in [0.5, 0.6) is 0 Å². The van der Waals surface area contributed by atoms with Crippen molar-refractivity contribution < 1.29 is 4.79 Å². The lowest BCUT2D eigenvalue weighted by atomic mass is 10.1. The number of rotatable bonds is 5. The number of para-hydroxylation sites is 1. The number of nitrogens with one attached hydrogen (secondary N) is 1. The fraction of sp³-hybridized carbons (Fsp3) is 0.0556. The lowest BCUT2D eigenvalue weighted by Gasteiger charge is -2.12. The van der Waals surface area contributed by atoms with Gasteiger partial charge < -0.3 is 9.88 Å². The molecular weight excluding hydrogens is 366 g/mol. The fourth-order valence-electron chi connectivity index (χ4n) is 2.69. The maximum absolute atomic E-state index is 12.6. The molecule has 0 spiro atoms. The zero-order chi connectivity index (χ0) is 18.6. The van der Waals surface area contributed by atoms with Crippen molar-refractivity contribution in [2.75, 3.05) is 0 Å². The van der Waals surface area contributed by atoms with Gasteiger partial charge in [-0.15, -0.1) is 5.10 Å². The second-order valence-electron chi connectivity index (χ2n) is 5.70. The largest absolute Gasteiger partial charge is 0.348 e. The molecule has 27 heavy (non-hydrogen) atoms. The molecule has 0 bridgehead atoms. The first-order valence-electron chi connectivity index (χ1n) is 8.10. The smallest absolute Gasteiger partial charge is 0.253 e. The van der Waals surface area contributed by atoms with E-state index in [1.54, 1.807) is 30.7 Å². The lowest BCUT2D eigenvalue weighted by Crippen LogP contribution is -2.24. The maximum Gasteiger partial charge on any atom is 0.253 e. The third-order valence-corrected chi connectivity index (χ3v) is 4.34. The molecule has 1 amide bonds. The van der Waals surface area contributed by atoms with Crippen LogP contribution in [0.4, 0.5) is 0 Å². The monoisotopic (exact) mass is 379 g/mol. The molecule has 0 aliphatic carbocycles. The van der Waals surface area contributed by atoms with Gasteiger partial charge in [0.2, 0.25) is 0 Å². The average Bonchev–Trinajstić information content (AvgIpc) is 3.40. The van der Waals surface area contributed by atoms with Gasteiger partial charge in [0.1, 0.15) is 6.33 Å². The molecule has 0 fully saturated rings. The van der Waals surface area contributed by atoms with Crippen LogP contribution in [0.25, 0.3) is 11.4 Å². The van der Waals surface area contributed by atoms with Gasteiger partial charge in [-0.3, -0.25) is 4.79 Å². The van der Waals surface area contributed by atoms with Gasteiger partial charge in [0, 0.05) is 18.9 Å². The first-order chi connectivity index (χ1) is 13.2. The summed E-state index contributed by atoms with van der Waals surface area (Å²) in [6, 6.07) is 12.8. The number of nitrogens with zero attached hydrogens (tertiary/aromatic N) is 6. The van der Waals surface area contributed by atoms with E-state index in [2.05, 4.69) is 25.8 Å². The van der Waals surface area contributed by atoms with Crippen molar-refractivity contribution in [3.8, 4) is 11.4 Å². The number of hydrogen-bond donors (Lipinski definition) is 1. The molecule has 2 aromatic carbocycles. The second kappa shape index (κ2) is 7.38. The Kier molecular flexibility index (Phi) is 4.63. The number of hydrogen-bond acceptors (Lipinski definition) is 5. The Balaban J connectivity index is 1.51. The Morgan fingerprint density at radius 2 is 2.04 bits per heavy atom. The minimum absolute atomic E-state index is 0.260. The molecular formula is C18H14ClN7O. The molecule has 4 aromatic rings. The van der Waals surface area contributed by atoms with Gasteiger partial charge in [-0.1, -0.05) is 29.8 Å². The van der Waals surface area contributed by atoms with Crippen molar-refractivity contribution in [3.05, 3.63) is 83.7 Å². The van der Waals surface area contributed by atoms with Gasteiger partial charge in [-0.25, -0.2) is 9.67 Å². The van der Waals surface area contributed by atoms with E-state index in [0.29, 0.717) is 22.8 Å². The van der Waals surface area contributed by atoms with Crippen LogP contribution in [0.2, 0.25) is 5.02 Å². The lowest BCUT2D eigenvalue weighted by molar-refractivity contribution is 0.0951. The molecule has 0 unspecified atom stereocenters. The third-order valence-electron chi connectivity index (χ3n) is 4.02. The molecule has 0 atom stereocenters. The number of carbonyl (C=O) groups is 1. The molecule has 0 radical (unpaired) electrons. The first-order valence-corrected chi connectivity index (χ1v) is 8.47. The molecule has 1 N–H and O–H groups in total. The van der Waals surface area contributed by atoms with Gasteiger partial charge in [0.05, 0.1) is 28.3 Å². The Hall–Kier alpha value is -3.52. The van der Waals surface area contributed by atoms with Gasteiger partial charge in [-0.2, -0.15) is 0 Å². The average molecular weight is 380 g/mol. The predicted molar refractivity (Wildman–Crippen MR) is 98.9 cm³/mol. The number of carbonyl (C=O) groups excluding carboxylic acids is 1. The standard InChI is InChI=1S/C18H14ClN7O/c19-16-9-14(26-12-22-23-24-26)5-6-15(16)18(27)21-10-13-3-1-2-4-17(13)25-8-7-20-11-25/h1-9,11-12H,10H2,(H,21,27). The molecule has 4 rings (SSSR count). The number of benzene rings is 2. The number of imidazole rings is 1. The molecule has 2 aromatic heterocycles. The summed E-state index contributed by atoms with van der Waals surface area (Å²) in [7, 11) is 0. The zero-order valence-corrected chi connectivity index (χ0v) is 14.8. The van der Waals surface area contributed by atoms with Crippen LogP contribution in [0.1, 0.15) is 15.9 Å². The van der Waals surface area contributed by atoms with Crippen molar-refractivity contribution in [2.24, 2.45) is 0 Å². The highest BCUT2D eigenvalue weighted by atomic mass is 35.5. The number of aromatic nitrogens is 6. The molecule has 0 aliphatic rings. The second-order valence-corrected chi connectivity index (χ2v) is 6.11. The summed E-state index contributed by atoms with van der Waals surface area (Å²) >= 11 is 6.28. The molecule has 8 nitrogen and oxygen atoms in total.